The highest BCUT2D eigenvalue weighted by Gasteiger charge is 2.19. The van der Waals surface area contributed by atoms with Crippen molar-refractivity contribution in [1.29, 1.82) is 0 Å². The molecular weight excluding hydrogens is 278 g/mol. The number of para-hydroxylation sites is 1. The van der Waals surface area contributed by atoms with Gasteiger partial charge in [0.25, 0.3) is 0 Å². The van der Waals surface area contributed by atoms with Crippen molar-refractivity contribution in [2.75, 3.05) is 19.0 Å². The van der Waals surface area contributed by atoms with Crippen LogP contribution >= 0.6 is 11.3 Å². The number of anilines is 1. The highest BCUT2D eigenvalue weighted by atomic mass is 32.1. The molecule has 1 aromatic heterocycles. The van der Waals surface area contributed by atoms with E-state index in [9.17, 15) is 10.1 Å². The van der Waals surface area contributed by atoms with E-state index in [1.165, 1.54) is 7.11 Å². The standard InChI is InChI=1S/C13H15N3O3S/c1-9-8-20-12(15-9)6-7-14-10-4-3-5-11(19-2)13(10)16(17)18/h3-5,8,14H,6-7H2,1-2H3. The van der Waals surface area contributed by atoms with Gasteiger partial charge in [0, 0.05) is 24.0 Å². The number of aromatic nitrogens is 1. The minimum absolute atomic E-state index is 0.0367. The molecule has 0 atom stereocenters. The molecule has 0 amide bonds. The number of benzene rings is 1. The van der Waals surface area contributed by atoms with Crippen LogP contribution in [-0.2, 0) is 6.42 Å². The largest absolute Gasteiger partial charge is 0.490 e. The second kappa shape index (κ2) is 6.33. The van der Waals surface area contributed by atoms with Crippen molar-refractivity contribution in [3.05, 3.63) is 44.4 Å². The van der Waals surface area contributed by atoms with Gasteiger partial charge in [0.15, 0.2) is 5.75 Å². The van der Waals surface area contributed by atoms with E-state index >= 15 is 0 Å². The summed E-state index contributed by atoms with van der Waals surface area (Å²) >= 11 is 1.59. The van der Waals surface area contributed by atoms with E-state index in [0.717, 1.165) is 17.1 Å². The Morgan fingerprint density at radius 3 is 2.90 bits per heavy atom. The normalized spacial score (nSPS) is 10.3. The minimum Gasteiger partial charge on any atom is -0.490 e. The molecule has 0 aliphatic carbocycles. The first-order valence-corrected chi connectivity index (χ1v) is 6.96. The number of hydrogen-bond donors (Lipinski definition) is 1. The average molecular weight is 293 g/mol. The van der Waals surface area contributed by atoms with Gasteiger partial charge in [-0.1, -0.05) is 6.07 Å². The number of nitro groups is 1. The van der Waals surface area contributed by atoms with Crippen LogP contribution in [0.15, 0.2) is 23.6 Å². The molecule has 0 bridgehead atoms. The van der Waals surface area contributed by atoms with Crippen molar-refractivity contribution >= 4 is 22.7 Å². The molecule has 1 aromatic carbocycles. The molecule has 1 heterocycles. The molecular formula is C13H15N3O3S. The van der Waals surface area contributed by atoms with E-state index < -0.39 is 4.92 Å². The molecule has 0 saturated heterocycles. The Morgan fingerprint density at radius 1 is 1.50 bits per heavy atom. The van der Waals surface area contributed by atoms with Crippen molar-refractivity contribution in [1.82, 2.24) is 4.98 Å². The maximum absolute atomic E-state index is 11.1. The molecule has 2 aromatic rings. The van der Waals surface area contributed by atoms with Crippen molar-refractivity contribution in [2.45, 2.75) is 13.3 Å². The molecule has 20 heavy (non-hydrogen) atoms. The molecule has 1 N–H and O–H groups in total. The average Bonchev–Trinajstić information content (AvgIpc) is 2.83. The quantitative estimate of drug-likeness (QED) is 0.654. The number of nitrogens with zero attached hydrogens (tertiary/aromatic N) is 2. The van der Waals surface area contributed by atoms with Crippen LogP contribution in [0.2, 0.25) is 0 Å². The van der Waals surface area contributed by atoms with Crippen molar-refractivity contribution in [2.24, 2.45) is 0 Å². The number of thiazole rings is 1. The topological polar surface area (TPSA) is 77.3 Å². The van der Waals surface area contributed by atoms with Crippen LogP contribution in [-0.4, -0.2) is 23.6 Å². The van der Waals surface area contributed by atoms with E-state index in [1.807, 2.05) is 12.3 Å². The van der Waals surface area contributed by atoms with Gasteiger partial charge >= 0.3 is 5.69 Å². The predicted molar refractivity (Wildman–Crippen MR) is 78.7 cm³/mol. The first kappa shape index (κ1) is 14.3. The smallest absolute Gasteiger partial charge is 0.333 e. The summed E-state index contributed by atoms with van der Waals surface area (Å²) < 4.78 is 5.02. The van der Waals surface area contributed by atoms with Crippen molar-refractivity contribution in [3.8, 4) is 5.75 Å². The number of rotatable bonds is 6. The Balaban J connectivity index is 2.07. The lowest BCUT2D eigenvalue weighted by atomic mass is 10.2. The Morgan fingerprint density at radius 2 is 2.30 bits per heavy atom. The van der Waals surface area contributed by atoms with Gasteiger partial charge in [0.05, 0.1) is 17.0 Å². The zero-order valence-electron chi connectivity index (χ0n) is 11.3. The SMILES string of the molecule is COc1cccc(NCCc2nc(C)cs2)c1[N+](=O)[O-]. The Hall–Kier alpha value is -2.15. The van der Waals surface area contributed by atoms with Gasteiger partial charge in [-0.3, -0.25) is 10.1 Å². The molecule has 0 fully saturated rings. The Labute approximate surface area is 120 Å². The van der Waals surface area contributed by atoms with Gasteiger partial charge in [0.2, 0.25) is 0 Å². The fraction of sp³-hybridized carbons (Fsp3) is 0.308. The summed E-state index contributed by atoms with van der Waals surface area (Å²) in [7, 11) is 1.42. The summed E-state index contributed by atoms with van der Waals surface area (Å²) in [4.78, 5) is 15.0. The highest BCUT2D eigenvalue weighted by molar-refractivity contribution is 7.09. The van der Waals surface area contributed by atoms with Gasteiger partial charge in [-0.2, -0.15) is 0 Å². The molecule has 0 radical (unpaired) electrons. The number of nitrogens with one attached hydrogen (secondary N) is 1. The van der Waals surface area contributed by atoms with E-state index in [4.69, 9.17) is 4.74 Å². The second-order valence-corrected chi connectivity index (χ2v) is 5.12. The summed E-state index contributed by atoms with van der Waals surface area (Å²) in [6.45, 7) is 2.53. The van der Waals surface area contributed by atoms with Gasteiger partial charge < -0.3 is 10.1 Å². The molecule has 7 heteroatoms. The third-order valence-electron chi connectivity index (χ3n) is 2.72. The molecule has 106 valence electrons. The lowest BCUT2D eigenvalue weighted by Gasteiger charge is -2.08. The predicted octanol–water partition coefficient (Wildman–Crippen LogP) is 3.02. The van der Waals surface area contributed by atoms with Crippen LogP contribution in [0.1, 0.15) is 10.7 Å². The molecule has 0 unspecified atom stereocenters. The minimum atomic E-state index is -0.436. The van der Waals surface area contributed by atoms with Crippen LogP contribution in [0.5, 0.6) is 5.75 Å². The highest BCUT2D eigenvalue weighted by Crippen LogP contribution is 2.34. The van der Waals surface area contributed by atoms with Crippen LogP contribution in [0, 0.1) is 17.0 Å². The molecule has 0 aliphatic rings. The summed E-state index contributed by atoms with van der Waals surface area (Å²) in [6, 6.07) is 4.98. The first-order valence-electron chi connectivity index (χ1n) is 6.08. The summed E-state index contributed by atoms with van der Waals surface area (Å²) in [5.41, 5.74) is 1.42. The Bertz CT molecular complexity index is 613. The van der Waals surface area contributed by atoms with Crippen LogP contribution in [0.25, 0.3) is 0 Å². The van der Waals surface area contributed by atoms with Gasteiger partial charge in [0.1, 0.15) is 5.69 Å². The molecule has 0 spiro atoms. The Kier molecular flexibility index (Phi) is 4.52. The maximum Gasteiger partial charge on any atom is 0.333 e. The number of ether oxygens (including phenoxy) is 1. The van der Waals surface area contributed by atoms with E-state index in [2.05, 4.69) is 10.3 Å². The molecule has 0 saturated carbocycles. The van der Waals surface area contributed by atoms with Crippen LogP contribution in [0.3, 0.4) is 0 Å². The monoisotopic (exact) mass is 293 g/mol. The number of nitro benzene ring substituents is 1. The summed E-state index contributed by atoms with van der Waals surface area (Å²) in [5.74, 6) is 0.255. The molecule has 0 aliphatic heterocycles. The van der Waals surface area contributed by atoms with Gasteiger partial charge in [-0.15, -0.1) is 11.3 Å². The first-order chi connectivity index (χ1) is 9.61. The van der Waals surface area contributed by atoms with Gasteiger partial charge in [-0.25, -0.2) is 4.98 Å². The number of aryl methyl sites for hydroxylation is 1. The van der Waals surface area contributed by atoms with Crippen molar-refractivity contribution < 1.29 is 9.66 Å². The van der Waals surface area contributed by atoms with E-state index in [1.54, 1.807) is 29.5 Å². The van der Waals surface area contributed by atoms with E-state index in [0.29, 0.717) is 12.2 Å². The lowest BCUT2D eigenvalue weighted by molar-refractivity contribution is -0.384. The zero-order valence-corrected chi connectivity index (χ0v) is 12.1. The van der Waals surface area contributed by atoms with Crippen LogP contribution < -0.4 is 10.1 Å². The lowest BCUT2D eigenvalue weighted by Crippen LogP contribution is -2.07. The third kappa shape index (κ3) is 3.24. The fourth-order valence-electron chi connectivity index (χ4n) is 1.84. The fourth-order valence-corrected chi connectivity index (χ4v) is 2.62. The summed E-state index contributed by atoms with van der Waals surface area (Å²) in [5, 5.41) is 17.2. The number of hydrogen-bond acceptors (Lipinski definition) is 6. The van der Waals surface area contributed by atoms with Crippen LogP contribution in [0.4, 0.5) is 11.4 Å². The molecule has 6 nitrogen and oxygen atoms in total. The third-order valence-corrected chi connectivity index (χ3v) is 3.75. The second-order valence-electron chi connectivity index (χ2n) is 4.17. The number of methoxy groups -OCH3 is 1. The van der Waals surface area contributed by atoms with Crippen molar-refractivity contribution in [3.63, 3.8) is 0 Å². The van der Waals surface area contributed by atoms with E-state index in [-0.39, 0.29) is 11.4 Å². The molecule has 2 rings (SSSR count). The van der Waals surface area contributed by atoms with Gasteiger partial charge in [-0.05, 0) is 19.1 Å². The summed E-state index contributed by atoms with van der Waals surface area (Å²) in [6.07, 6.45) is 0.729. The zero-order chi connectivity index (χ0) is 14.5. The maximum atomic E-state index is 11.1.